The van der Waals surface area contributed by atoms with Gasteiger partial charge in [-0.15, -0.1) is 0 Å². The third kappa shape index (κ3) is 3.44. The van der Waals surface area contributed by atoms with Crippen molar-refractivity contribution >= 4 is 0 Å². The van der Waals surface area contributed by atoms with Crippen molar-refractivity contribution in [1.82, 2.24) is 9.80 Å². The molecule has 0 saturated carbocycles. The molecule has 2 rings (SSSR count). The molecule has 2 fully saturated rings. The van der Waals surface area contributed by atoms with Crippen LogP contribution in [0.1, 0.15) is 19.3 Å². The van der Waals surface area contributed by atoms with Gasteiger partial charge in [-0.1, -0.05) is 0 Å². The molecular formula is C12H23N2O. The lowest BCUT2D eigenvalue weighted by molar-refractivity contribution is 0.0222. The summed E-state index contributed by atoms with van der Waals surface area (Å²) in [5.74, 6) is 0. The molecule has 2 aliphatic heterocycles. The highest BCUT2D eigenvalue weighted by atomic mass is 16.5. The van der Waals surface area contributed by atoms with Gasteiger partial charge in [-0.3, -0.25) is 4.90 Å². The molecule has 87 valence electrons. The number of nitrogens with zero attached hydrogens (tertiary/aromatic N) is 2. The quantitative estimate of drug-likeness (QED) is 0.690. The van der Waals surface area contributed by atoms with E-state index < -0.39 is 0 Å². The number of likely N-dealkylation sites (tertiary alicyclic amines) is 1. The minimum absolute atomic E-state index is 0.481. The number of ether oxygens (including phenoxy) is 1. The second-order valence-corrected chi connectivity index (χ2v) is 4.64. The average Bonchev–Trinajstić information content (AvgIpc) is 2.80. The Bertz CT molecular complexity index is 174. The van der Waals surface area contributed by atoms with Gasteiger partial charge in [0.2, 0.25) is 0 Å². The number of hydrogen-bond donors (Lipinski definition) is 0. The summed E-state index contributed by atoms with van der Waals surface area (Å²) in [7, 11) is 0. The van der Waals surface area contributed by atoms with Gasteiger partial charge in [0, 0.05) is 19.1 Å². The summed E-state index contributed by atoms with van der Waals surface area (Å²) in [6.45, 7) is 12.0. The van der Waals surface area contributed by atoms with Gasteiger partial charge >= 0.3 is 0 Å². The smallest absolute Gasteiger partial charge is 0.0594 e. The molecule has 15 heavy (non-hydrogen) atoms. The second-order valence-electron chi connectivity index (χ2n) is 4.64. The van der Waals surface area contributed by atoms with E-state index in [1.165, 1.54) is 38.9 Å². The van der Waals surface area contributed by atoms with Crippen molar-refractivity contribution in [2.24, 2.45) is 0 Å². The first-order chi connectivity index (χ1) is 7.36. The van der Waals surface area contributed by atoms with E-state index in [0.717, 1.165) is 26.3 Å². The molecule has 3 nitrogen and oxygen atoms in total. The molecule has 0 N–H and O–H groups in total. The standard InChI is InChI=1S/C12H23N2O/c1-12(14-8-10-15-11-9-14)4-7-13-5-2-3-6-13/h12H,1-11H2. The summed E-state index contributed by atoms with van der Waals surface area (Å²) in [6, 6.07) is 0.481. The SMILES string of the molecule is [CH2]C(CCN1CCCC1)N1CCOCC1. The predicted molar refractivity (Wildman–Crippen MR) is 61.8 cm³/mol. The Balaban J connectivity index is 1.64. The van der Waals surface area contributed by atoms with Crippen LogP contribution in [0.5, 0.6) is 0 Å². The molecule has 0 aromatic rings. The van der Waals surface area contributed by atoms with Crippen LogP contribution in [-0.4, -0.2) is 61.8 Å². The average molecular weight is 211 g/mol. The van der Waals surface area contributed by atoms with Crippen LogP contribution in [0, 0.1) is 6.92 Å². The fraction of sp³-hybridized carbons (Fsp3) is 0.917. The van der Waals surface area contributed by atoms with E-state index in [-0.39, 0.29) is 0 Å². The van der Waals surface area contributed by atoms with Gasteiger partial charge < -0.3 is 9.64 Å². The molecule has 1 radical (unpaired) electrons. The molecular weight excluding hydrogens is 188 g/mol. The first kappa shape index (κ1) is 11.4. The first-order valence-corrected chi connectivity index (χ1v) is 6.23. The summed E-state index contributed by atoms with van der Waals surface area (Å²) in [4.78, 5) is 5.03. The summed E-state index contributed by atoms with van der Waals surface area (Å²) < 4.78 is 5.35. The molecule has 2 heterocycles. The van der Waals surface area contributed by atoms with Crippen molar-refractivity contribution in [3.8, 4) is 0 Å². The zero-order valence-corrected chi connectivity index (χ0v) is 9.66. The van der Waals surface area contributed by atoms with Gasteiger partial charge in [0.25, 0.3) is 0 Å². The van der Waals surface area contributed by atoms with Gasteiger partial charge in [-0.25, -0.2) is 0 Å². The van der Waals surface area contributed by atoms with E-state index >= 15 is 0 Å². The molecule has 0 aromatic heterocycles. The Morgan fingerprint density at radius 3 is 2.40 bits per heavy atom. The topological polar surface area (TPSA) is 15.7 Å². The molecule has 0 aromatic carbocycles. The van der Waals surface area contributed by atoms with Crippen molar-refractivity contribution in [2.75, 3.05) is 45.9 Å². The Morgan fingerprint density at radius 1 is 1.07 bits per heavy atom. The summed E-state index contributed by atoms with van der Waals surface area (Å²) in [5, 5.41) is 0. The lowest BCUT2D eigenvalue weighted by Crippen LogP contribution is -2.43. The van der Waals surface area contributed by atoms with Crippen LogP contribution >= 0.6 is 0 Å². The molecule has 1 atom stereocenters. The Labute approximate surface area is 93.4 Å². The van der Waals surface area contributed by atoms with Crippen molar-refractivity contribution in [3.63, 3.8) is 0 Å². The van der Waals surface area contributed by atoms with Crippen LogP contribution in [0.15, 0.2) is 0 Å². The molecule has 2 saturated heterocycles. The molecule has 0 spiro atoms. The van der Waals surface area contributed by atoms with E-state index in [4.69, 9.17) is 4.74 Å². The first-order valence-electron chi connectivity index (χ1n) is 6.23. The molecule has 2 aliphatic rings. The Kier molecular flexibility index (Phi) is 4.42. The predicted octanol–water partition coefficient (Wildman–Crippen LogP) is 1.01. The highest BCUT2D eigenvalue weighted by Gasteiger charge is 2.18. The van der Waals surface area contributed by atoms with Gasteiger partial charge in [-0.2, -0.15) is 0 Å². The van der Waals surface area contributed by atoms with Gasteiger partial charge in [0.15, 0.2) is 0 Å². The highest BCUT2D eigenvalue weighted by Crippen LogP contribution is 2.11. The lowest BCUT2D eigenvalue weighted by atomic mass is 10.2. The number of hydrogen-bond acceptors (Lipinski definition) is 3. The van der Waals surface area contributed by atoms with E-state index in [1.807, 2.05) is 0 Å². The zero-order valence-electron chi connectivity index (χ0n) is 9.66. The van der Waals surface area contributed by atoms with Crippen LogP contribution in [0.25, 0.3) is 0 Å². The lowest BCUT2D eigenvalue weighted by Gasteiger charge is -2.33. The fourth-order valence-corrected chi connectivity index (χ4v) is 2.46. The molecule has 1 unspecified atom stereocenters. The normalized spacial score (nSPS) is 27.0. The van der Waals surface area contributed by atoms with Gasteiger partial charge in [0.05, 0.1) is 13.2 Å². The van der Waals surface area contributed by atoms with Crippen LogP contribution in [0.4, 0.5) is 0 Å². The Morgan fingerprint density at radius 2 is 1.73 bits per heavy atom. The number of morpholine rings is 1. The minimum atomic E-state index is 0.481. The van der Waals surface area contributed by atoms with Crippen LogP contribution in [0.2, 0.25) is 0 Å². The monoisotopic (exact) mass is 211 g/mol. The van der Waals surface area contributed by atoms with Gasteiger partial charge in [-0.05, 0) is 45.8 Å². The third-order valence-electron chi connectivity index (χ3n) is 3.54. The largest absolute Gasteiger partial charge is 0.379 e. The van der Waals surface area contributed by atoms with Gasteiger partial charge in [0.1, 0.15) is 0 Å². The van der Waals surface area contributed by atoms with E-state index in [1.54, 1.807) is 0 Å². The number of rotatable bonds is 4. The Hall–Kier alpha value is -0.120. The maximum Gasteiger partial charge on any atom is 0.0594 e. The second kappa shape index (κ2) is 5.83. The summed E-state index contributed by atoms with van der Waals surface area (Å²) in [6.07, 6.45) is 3.98. The van der Waals surface area contributed by atoms with Crippen LogP contribution in [-0.2, 0) is 4.74 Å². The molecule has 0 bridgehead atoms. The molecule has 0 aliphatic carbocycles. The maximum absolute atomic E-state index is 5.35. The third-order valence-corrected chi connectivity index (χ3v) is 3.54. The van der Waals surface area contributed by atoms with Crippen LogP contribution in [0.3, 0.4) is 0 Å². The zero-order chi connectivity index (χ0) is 10.5. The fourth-order valence-electron chi connectivity index (χ4n) is 2.46. The van der Waals surface area contributed by atoms with E-state index in [9.17, 15) is 0 Å². The highest BCUT2D eigenvalue weighted by molar-refractivity contribution is 4.78. The summed E-state index contributed by atoms with van der Waals surface area (Å²) >= 11 is 0. The summed E-state index contributed by atoms with van der Waals surface area (Å²) in [5.41, 5.74) is 0. The molecule has 3 heteroatoms. The van der Waals surface area contributed by atoms with E-state index in [2.05, 4.69) is 16.7 Å². The van der Waals surface area contributed by atoms with E-state index in [0.29, 0.717) is 6.04 Å². The molecule has 0 amide bonds. The van der Waals surface area contributed by atoms with Crippen molar-refractivity contribution in [3.05, 3.63) is 6.92 Å². The van der Waals surface area contributed by atoms with Crippen molar-refractivity contribution in [2.45, 2.75) is 25.3 Å². The van der Waals surface area contributed by atoms with Crippen molar-refractivity contribution in [1.29, 1.82) is 0 Å². The van der Waals surface area contributed by atoms with Crippen LogP contribution < -0.4 is 0 Å². The minimum Gasteiger partial charge on any atom is -0.379 e. The van der Waals surface area contributed by atoms with Crippen molar-refractivity contribution < 1.29 is 4.74 Å². The maximum atomic E-state index is 5.35.